The van der Waals surface area contributed by atoms with Crippen LogP contribution in [0.15, 0.2) is 0 Å². The van der Waals surface area contributed by atoms with E-state index in [0.29, 0.717) is 0 Å². The van der Waals surface area contributed by atoms with Crippen molar-refractivity contribution < 1.29 is 17.7 Å². The molecule has 2 atom stereocenters. The third-order valence-corrected chi connectivity index (χ3v) is 23.0. The molecule has 1 aliphatic heterocycles. The Balaban J connectivity index is 3.26. The summed E-state index contributed by atoms with van der Waals surface area (Å²) in [6.07, 6.45) is 1.02. The van der Waals surface area contributed by atoms with E-state index in [9.17, 15) is 0 Å². The van der Waals surface area contributed by atoms with E-state index in [2.05, 4.69) is 45.2 Å². The molecule has 0 amide bonds. The predicted octanol–water partition coefficient (Wildman–Crippen LogP) is -0.001000. The first-order valence-electron chi connectivity index (χ1n) is 7.51. The fourth-order valence-corrected chi connectivity index (χ4v) is 24.7. The maximum Gasteiger partial charge on any atom is 0.343 e. The average molecular weight is 385 g/mol. The number of nitrogens with one attached hydrogen (secondary N) is 4. The Morgan fingerprint density at radius 1 is 0.636 bits per heavy atom. The summed E-state index contributed by atoms with van der Waals surface area (Å²) >= 11 is 0. The highest BCUT2D eigenvalue weighted by atomic mass is 28.5. The Hall–Kier alpha value is 0.548. The molecule has 22 heavy (non-hydrogen) atoms. The zero-order valence-electron chi connectivity index (χ0n) is 15.0. The van der Waals surface area contributed by atoms with Crippen molar-refractivity contribution in [2.24, 2.45) is 0 Å². The van der Waals surface area contributed by atoms with Crippen molar-refractivity contribution in [3.05, 3.63) is 0 Å². The van der Waals surface area contributed by atoms with E-state index in [4.69, 9.17) is 17.7 Å². The van der Waals surface area contributed by atoms with E-state index < -0.39 is 34.6 Å². The van der Waals surface area contributed by atoms with Crippen molar-refractivity contribution in [3.8, 4) is 0 Å². The molecule has 132 valence electrons. The normalized spacial score (nSPS) is 43.6. The maximum atomic E-state index is 5.97. The first kappa shape index (κ1) is 20.6. The van der Waals surface area contributed by atoms with Crippen molar-refractivity contribution >= 4 is 34.6 Å². The lowest BCUT2D eigenvalue weighted by atomic mass is 10.6. The molecule has 0 radical (unpaired) electrons. The van der Waals surface area contributed by atoms with Gasteiger partial charge >= 0.3 is 34.6 Å². The van der Waals surface area contributed by atoms with Crippen molar-refractivity contribution in [3.63, 3.8) is 0 Å². The van der Waals surface area contributed by atoms with Gasteiger partial charge < -0.3 is 17.7 Å². The highest BCUT2D eigenvalue weighted by molar-refractivity contribution is 7.00. The highest BCUT2D eigenvalue weighted by Crippen LogP contribution is 2.18. The van der Waals surface area contributed by atoms with Crippen LogP contribution in [0.3, 0.4) is 0 Å². The van der Waals surface area contributed by atoms with E-state index in [-0.39, 0.29) is 0 Å². The van der Waals surface area contributed by atoms with Crippen molar-refractivity contribution in [2.75, 3.05) is 28.4 Å². The summed E-state index contributed by atoms with van der Waals surface area (Å²) in [5, 5.41) is 0. The Labute approximate surface area is 138 Å². The standard InChI is InChI=1S/C10H32N4O4Si4/c1-9-10-22(18-5)13-20(7,16-3)11-19(6,15-2)12-21(8,14-22)17-4/h11-14H,9-10H2,1-8H3. The van der Waals surface area contributed by atoms with E-state index >= 15 is 0 Å². The SMILES string of the molecule is CCC[Si]1(OC)N[Si](C)(OC)N[Si](C)(OC)N[Si](C)(OC)N1. The van der Waals surface area contributed by atoms with E-state index in [1.165, 1.54) is 0 Å². The third kappa shape index (κ3) is 4.78. The second-order valence-electron chi connectivity index (χ2n) is 5.99. The molecule has 1 heterocycles. The molecule has 1 rings (SSSR count). The minimum atomic E-state index is -2.41. The van der Waals surface area contributed by atoms with Crippen LogP contribution in [-0.2, 0) is 17.7 Å². The lowest BCUT2D eigenvalue weighted by Gasteiger charge is -2.49. The Morgan fingerprint density at radius 2 is 1.00 bits per heavy atom. The quantitative estimate of drug-likeness (QED) is 0.476. The van der Waals surface area contributed by atoms with Gasteiger partial charge in [0.1, 0.15) is 0 Å². The van der Waals surface area contributed by atoms with Gasteiger partial charge in [-0.1, -0.05) is 13.3 Å². The highest BCUT2D eigenvalue weighted by Gasteiger charge is 2.56. The van der Waals surface area contributed by atoms with E-state index in [0.717, 1.165) is 12.5 Å². The van der Waals surface area contributed by atoms with Crippen LogP contribution in [0.1, 0.15) is 13.3 Å². The van der Waals surface area contributed by atoms with E-state index in [1.54, 1.807) is 28.4 Å². The molecule has 1 aliphatic rings. The van der Waals surface area contributed by atoms with Gasteiger partial charge in [-0.3, -0.25) is 18.6 Å². The van der Waals surface area contributed by atoms with Crippen LogP contribution >= 0.6 is 0 Å². The zero-order chi connectivity index (χ0) is 17.1. The summed E-state index contributed by atoms with van der Waals surface area (Å²) in [5.74, 6) is 0. The molecule has 1 saturated heterocycles. The first-order chi connectivity index (χ1) is 10.1. The van der Waals surface area contributed by atoms with Crippen LogP contribution < -0.4 is 18.6 Å². The fourth-order valence-electron chi connectivity index (χ4n) is 2.79. The van der Waals surface area contributed by atoms with Gasteiger partial charge in [0.25, 0.3) is 0 Å². The second kappa shape index (κ2) is 7.62. The lowest BCUT2D eigenvalue weighted by Crippen LogP contribution is -2.92. The molecule has 8 nitrogen and oxygen atoms in total. The molecule has 12 heteroatoms. The van der Waals surface area contributed by atoms with Gasteiger partial charge in [-0.05, 0) is 25.7 Å². The van der Waals surface area contributed by atoms with Crippen molar-refractivity contribution in [1.82, 2.24) is 18.6 Å². The molecule has 2 unspecified atom stereocenters. The molecule has 0 aromatic rings. The van der Waals surface area contributed by atoms with Gasteiger partial charge in [-0.2, -0.15) is 0 Å². The van der Waals surface area contributed by atoms with Gasteiger partial charge in [-0.15, -0.1) is 0 Å². The summed E-state index contributed by atoms with van der Waals surface area (Å²) < 4.78 is 38.1. The summed E-state index contributed by atoms with van der Waals surface area (Å²) in [4.78, 5) is 0. The molecule has 0 bridgehead atoms. The first-order valence-corrected chi connectivity index (χ1v) is 16.9. The Morgan fingerprint density at radius 3 is 1.27 bits per heavy atom. The molecule has 1 fully saturated rings. The lowest BCUT2D eigenvalue weighted by molar-refractivity contribution is 0.321. The van der Waals surface area contributed by atoms with Crippen LogP contribution in [-0.4, -0.2) is 63.0 Å². The van der Waals surface area contributed by atoms with Crippen LogP contribution in [0, 0.1) is 0 Å². The number of hydrogen-bond donors (Lipinski definition) is 4. The number of hydrogen-bond acceptors (Lipinski definition) is 8. The minimum Gasteiger partial charge on any atom is -0.396 e. The molecule has 0 aliphatic carbocycles. The Bertz CT molecular complexity index is 361. The predicted molar refractivity (Wildman–Crippen MR) is 96.3 cm³/mol. The second-order valence-corrected chi connectivity index (χ2v) is 20.0. The average Bonchev–Trinajstić information content (AvgIpc) is 2.45. The van der Waals surface area contributed by atoms with Crippen molar-refractivity contribution in [2.45, 2.75) is 39.0 Å². The van der Waals surface area contributed by atoms with Crippen LogP contribution in [0.5, 0.6) is 0 Å². The molecular weight excluding hydrogens is 352 g/mol. The molecule has 4 N–H and O–H groups in total. The smallest absolute Gasteiger partial charge is 0.343 e. The zero-order valence-corrected chi connectivity index (χ0v) is 19.0. The molecule has 0 aromatic heterocycles. The molecule has 0 saturated carbocycles. The summed E-state index contributed by atoms with van der Waals surface area (Å²) in [6, 6.07) is 0.927. The van der Waals surface area contributed by atoms with E-state index in [1.807, 2.05) is 0 Å². The molecule has 0 spiro atoms. The minimum absolute atomic E-state index is 0.927. The number of rotatable bonds is 6. The molecular formula is C10H32N4O4Si4. The fraction of sp³-hybridized carbons (Fsp3) is 1.00. The Kier molecular flexibility index (Phi) is 7.13. The van der Waals surface area contributed by atoms with Gasteiger partial charge in [0.05, 0.1) is 0 Å². The monoisotopic (exact) mass is 384 g/mol. The summed E-state index contributed by atoms with van der Waals surface area (Å²) in [6.45, 7) is 8.41. The third-order valence-electron chi connectivity index (χ3n) is 4.01. The van der Waals surface area contributed by atoms with Crippen LogP contribution in [0.2, 0.25) is 25.7 Å². The largest absolute Gasteiger partial charge is 0.396 e. The topological polar surface area (TPSA) is 85.0 Å². The van der Waals surface area contributed by atoms with Gasteiger partial charge in [0.15, 0.2) is 0 Å². The van der Waals surface area contributed by atoms with Crippen LogP contribution in [0.25, 0.3) is 0 Å². The van der Waals surface area contributed by atoms with Gasteiger partial charge in [-0.25, -0.2) is 0 Å². The summed E-state index contributed by atoms with van der Waals surface area (Å²) in [7, 11) is -2.68. The molecule has 0 aromatic carbocycles. The van der Waals surface area contributed by atoms with Crippen molar-refractivity contribution in [1.29, 1.82) is 0 Å². The maximum absolute atomic E-state index is 5.97. The van der Waals surface area contributed by atoms with Gasteiger partial charge in [0, 0.05) is 28.4 Å². The van der Waals surface area contributed by atoms with Gasteiger partial charge in [0.2, 0.25) is 0 Å². The van der Waals surface area contributed by atoms with Crippen LogP contribution in [0.4, 0.5) is 0 Å². The summed E-state index contributed by atoms with van der Waals surface area (Å²) in [5.41, 5.74) is 0.